The summed E-state index contributed by atoms with van der Waals surface area (Å²) in [5, 5.41) is 9.55. The predicted molar refractivity (Wildman–Crippen MR) is 58.7 cm³/mol. The summed E-state index contributed by atoms with van der Waals surface area (Å²) in [4.78, 5) is 0. The first kappa shape index (κ1) is 9.22. The predicted octanol–water partition coefficient (Wildman–Crippen LogP) is 2.64. The molecule has 0 aromatic heterocycles. The third kappa shape index (κ3) is 2.12. The van der Waals surface area contributed by atoms with Crippen LogP contribution < -0.4 is 0 Å². The van der Waals surface area contributed by atoms with Crippen molar-refractivity contribution in [2.24, 2.45) is 5.92 Å². The van der Waals surface area contributed by atoms with E-state index in [9.17, 15) is 5.11 Å². The van der Waals surface area contributed by atoms with E-state index in [-0.39, 0.29) is 12.0 Å². The summed E-state index contributed by atoms with van der Waals surface area (Å²) in [6, 6.07) is 10.1. The molecule has 2 atom stereocenters. The van der Waals surface area contributed by atoms with Crippen molar-refractivity contribution in [1.29, 1.82) is 0 Å². The van der Waals surface area contributed by atoms with Gasteiger partial charge in [0.25, 0.3) is 0 Å². The largest absolute Gasteiger partial charge is 0.392 e. The number of hydrogen-bond donors (Lipinski definition) is 1. The molecule has 1 heteroatoms. The van der Waals surface area contributed by atoms with Gasteiger partial charge in [0, 0.05) is 5.92 Å². The van der Waals surface area contributed by atoms with Crippen LogP contribution in [0.2, 0.25) is 0 Å². The van der Waals surface area contributed by atoms with Crippen molar-refractivity contribution in [3.05, 3.63) is 54.1 Å². The molecule has 0 aliphatic heterocycles. The Labute approximate surface area is 84.4 Å². The zero-order chi connectivity index (χ0) is 9.80. The average molecular weight is 186 g/mol. The molecule has 72 valence electrons. The molecule has 1 aliphatic carbocycles. The first-order chi connectivity index (χ1) is 6.86. The van der Waals surface area contributed by atoms with Crippen molar-refractivity contribution in [1.82, 2.24) is 0 Å². The maximum Gasteiger partial charge on any atom is 0.0671 e. The van der Waals surface area contributed by atoms with Gasteiger partial charge in [-0.3, -0.25) is 0 Å². The van der Waals surface area contributed by atoms with Crippen LogP contribution in [0, 0.1) is 5.92 Å². The molecule has 14 heavy (non-hydrogen) atoms. The highest BCUT2D eigenvalue weighted by Gasteiger charge is 2.16. The van der Waals surface area contributed by atoms with E-state index < -0.39 is 0 Å². The molecule has 0 radical (unpaired) electrons. The molecule has 0 amide bonds. The van der Waals surface area contributed by atoms with Crippen LogP contribution in [0.1, 0.15) is 12.0 Å². The van der Waals surface area contributed by atoms with E-state index in [1.165, 1.54) is 5.56 Å². The monoisotopic (exact) mass is 186 g/mol. The Morgan fingerprint density at radius 2 is 2.00 bits per heavy atom. The van der Waals surface area contributed by atoms with Crippen LogP contribution in [0.4, 0.5) is 0 Å². The van der Waals surface area contributed by atoms with Gasteiger partial charge in [-0.25, -0.2) is 0 Å². The molecular formula is C13H14O. The summed E-state index contributed by atoms with van der Waals surface area (Å²) >= 11 is 0. The summed E-state index contributed by atoms with van der Waals surface area (Å²) < 4.78 is 0. The minimum Gasteiger partial charge on any atom is -0.392 e. The molecule has 0 bridgehead atoms. The summed E-state index contributed by atoms with van der Waals surface area (Å²) in [5.74, 6) is 0.190. The van der Waals surface area contributed by atoms with Gasteiger partial charge < -0.3 is 5.11 Å². The lowest BCUT2D eigenvalue weighted by atomic mass is 10.0. The maximum atomic E-state index is 9.55. The zero-order valence-electron chi connectivity index (χ0n) is 8.01. The van der Waals surface area contributed by atoms with Gasteiger partial charge in [0.1, 0.15) is 0 Å². The van der Waals surface area contributed by atoms with Crippen LogP contribution in [0.15, 0.2) is 48.6 Å². The van der Waals surface area contributed by atoms with E-state index >= 15 is 0 Å². The molecule has 0 saturated heterocycles. The summed E-state index contributed by atoms with van der Waals surface area (Å²) in [6.07, 6.45) is 8.76. The number of benzene rings is 1. The first-order valence-corrected chi connectivity index (χ1v) is 4.94. The molecule has 0 unspecified atom stereocenters. The highest BCUT2D eigenvalue weighted by atomic mass is 16.3. The minimum atomic E-state index is -0.227. The SMILES string of the molecule is O[C@H]1CC=C[C@@H]1/C=C/c1ccccc1. The second-order valence-corrected chi connectivity index (χ2v) is 3.58. The molecule has 0 heterocycles. The summed E-state index contributed by atoms with van der Waals surface area (Å²) in [6.45, 7) is 0. The smallest absolute Gasteiger partial charge is 0.0671 e. The van der Waals surface area contributed by atoms with Crippen LogP contribution >= 0.6 is 0 Å². The van der Waals surface area contributed by atoms with Crippen LogP contribution in [0.3, 0.4) is 0 Å². The standard InChI is InChI=1S/C13H14O/c14-13-8-4-7-12(13)10-9-11-5-2-1-3-6-11/h1-7,9-10,12-14H,8H2/b10-9+/t12-,13+/m1/s1. The maximum absolute atomic E-state index is 9.55. The third-order valence-electron chi connectivity index (χ3n) is 2.49. The quantitative estimate of drug-likeness (QED) is 0.704. The lowest BCUT2D eigenvalue weighted by Gasteiger charge is -2.07. The molecule has 0 fully saturated rings. The Balaban J connectivity index is 2.04. The zero-order valence-corrected chi connectivity index (χ0v) is 8.01. The fraction of sp³-hybridized carbons (Fsp3) is 0.231. The molecule has 1 N–H and O–H groups in total. The van der Waals surface area contributed by atoms with Crippen LogP contribution in [-0.2, 0) is 0 Å². The van der Waals surface area contributed by atoms with E-state index in [4.69, 9.17) is 0 Å². The number of rotatable bonds is 2. The Bertz CT molecular complexity index is 338. The highest BCUT2D eigenvalue weighted by molar-refractivity contribution is 5.49. The van der Waals surface area contributed by atoms with Crippen LogP contribution in [-0.4, -0.2) is 11.2 Å². The molecule has 0 saturated carbocycles. The van der Waals surface area contributed by atoms with Crippen LogP contribution in [0.25, 0.3) is 6.08 Å². The molecule has 1 aromatic carbocycles. The van der Waals surface area contributed by atoms with Gasteiger partial charge in [-0.2, -0.15) is 0 Å². The minimum absolute atomic E-state index is 0.190. The second kappa shape index (κ2) is 4.25. The van der Waals surface area contributed by atoms with E-state index in [1.54, 1.807) is 0 Å². The van der Waals surface area contributed by atoms with E-state index in [1.807, 2.05) is 24.3 Å². The van der Waals surface area contributed by atoms with E-state index in [2.05, 4.69) is 30.4 Å². The molecule has 1 aromatic rings. The van der Waals surface area contributed by atoms with Gasteiger partial charge in [-0.05, 0) is 12.0 Å². The number of aliphatic hydroxyl groups is 1. The Kier molecular flexibility index (Phi) is 2.80. The fourth-order valence-electron chi connectivity index (χ4n) is 1.64. The van der Waals surface area contributed by atoms with Crippen molar-refractivity contribution < 1.29 is 5.11 Å². The lowest BCUT2D eigenvalue weighted by molar-refractivity contribution is 0.162. The molecule has 2 rings (SSSR count). The molecule has 1 aliphatic rings. The Morgan fingerprint density at radius 3 is 2.64 bits per heavy atom. The summed E-state index contributed by atoms with van der Waals surface area (Å²) in [5.41, 5.74) is 1.18. The molecule has 0 spiro atoms. The first-order valence-electron chi connectivity index (χ1n) is 4.94. The number of aliphatic hydroxyl groups excluding tert-OH is 1. The topological polar surface area (TPSA) is 20.2 Å². The average Bonchev–Trinajstić information content (AvgIpc) is 2.63. The second-order valence-electron chi connectivity index (χ2n) is 3.58. The Hall–Kier alpha value is -1.34. The molecule has 1 nitrogen and oxygen atoms in total. The Morgan fingerprint density at radius 1 is 1.21 bits per heavy atom. The van der Waals surface area contributed by atoms with Gasteiger partial charge in [0.05, 0.1) is 6.10 Å². The van der Waals surface area contributed by atoms with Gasteiger partial charge >= 0.3 is 0 Å². The van der Waals surface area contributed by atoms with Crippen molar-refractivity contribution in [2.45, 2.75) is 12.5 Å². The molecular weight excluding hydrogens is 172 g/mol. The van der Waals surface area contributed by atoms with Crippen molar-refractivity contribution in [3.8, 4) is 0 Å². The lowest BCUT2D eigenvalue weighted by Crippen LogP contribution is -2.10. The summed E-state index contributed by atoms with van der Waals surface area (Å²) in [7, 11) is 0. The van der Waals surface area contributed by atoms with Gasteiger partial charge in [0.15, 0.2) is 0 Å². The van der Waals surface area contributed by atoms with Crippen molar-refractivity contribution in [2.75, 3.05) is 0 Å². The van der Waals surface area contributed by atoms with Crippen molar-refractivity contribution >= 4 is 6.08 Å². The fourth-order valence-corrected chi connectivity index (χ4v) is 1.64. The normalized spacial score (nSPS) is 26.1. The van der Waals surface area contributed by atoms with E-state index in [0.29, 0.717) is 0 Å². The van der Waals surface area contributed by atoms with Gasteiger partial charge in [-0.1, -0.05) is 54.6 Å². The van der Waals surface area contributed by atoms with Crippen LogP contribution in [0.5, 0.6) is 0 Å². The third-order valence-corrected chi connectivity index (χ3v) is 2.49. The van der Waals surface area contributed by atoms with Gasteiger partial charge in [-0.15, -0.1) is 0 Å². The highest BCUT2D eigenvalue weighted by Crippen LogP contribution is 2.20. The van der Waals surface area contributed by atoms with Gasteiger partial charge in [0.2, 0.25) is 0 Å². The van der Waals surface area contributed by atoms with Crippen molar-refractivity contribution in [3.63, 3.8) is 0 Å². The van der Waals surface area contributed by atoms with E-state index in [0.717, 1.165) is 6.42 Å². The number of hydrogen-bond acceptors (Lipinski definition) is 1.